The van der Waals surface area contributed by atoms with Gasteiger partial charge in [0.2, 0.25) is 0 Å². The maximum atomic E-state index is 6.07. The lowest BCUT2D eigenvalue weighted by Crippen LogP contribution is -2.30. The number of hydrogen-bond acceptors (Lipinski definition) is 2. The fourth-order valence-electron chi connectivity index (χ4n) is 2.22. The number of anilines is 1. The molecule has 1 aliphatic rings. The molecular weight excluding hydrogens is 208 g/mol. The highest BCUT2D eigenvalue weighted by molar-refractivity contribution is 6.33. The van der Waals surface area contributed by atoms with Crippen molar-refractivity contribution in [1.29, 1.82) is 0 Å². The van der Waals surface area contributed by atoms with Crippen LogP contribution >= 0.6 is 11.6 Å². The SMILES string of the molecule is CC1CCCCC1Nc1ccncc1Cl. The van der Waals surface area contributed by atoms with Crippen molar-refractivity contribution >= 4 is 17.3 Å². The molecular formula is C12H17ClN2. The number of aromatic nitrogens is 1. The Morgan fingerprint density at radius 2 is 2.20 bits per heavy atom. The van der Waals surface area contributed by atoms with E-state index in [-0.39, 0.29) is 0 Å². The molecule has 0 aliphatic heterocycles. The molecule has 0 spiro atoms. The second-order valence-corrected chi connectivity index (χ2v) is 4.78. The summed E-state index contributed by atoms with van der Waals surface area (Å²) in [6.45, 7) is 2.31. The monoisotopic (exact) mass is 224 g/mol. The van der Waals surface area contributed by atoms with Gasteiger partial charge in [-0.2, -0.15) is 0 Å². The Hall–Kier alpha value is -0.760. The lowest BCUT2D eigenvalue weighted by Gasteiger charge is -2.30. The van der Waals surface area contributed by atoms with Crippen LogP contribution in [-0.2, 0) is 0 Å². The predicted octanol–water partition coefficient (Wildman–Crippen LogP) is 3.73. The number of hydrogen-bond donors (Lipinski definition) is 1. The summed E-state index contributed by atoms with van der Waals surface area (Å²) in [6.07, 6.45) is 8.73. The predicted molar refractivity (Wildman–Crippen MR) is 64.3 cm³/mol. The van der Waals surface area contributed by atoms with Crippen LogP contribution in [-0.4, -0.2) is 11.0 Å². The molecule has 15 heavy (non-hydrogen) atoms. The Labute approximate surface area is 96.1 Å². The van der Waals surface area contributed by atoms with Gasteiger partial charge in [-0.05, 0) is 24.8 Å². The Morgan fingerprint density at radius 3 is 2.93 bits per heavy atom. The summed E-state index contributed by atoms with van der Waals surface area (Å²) in [7, 11) is 0. The van der Waals surface area contributed by atoms with Gasteiger partial charge in [-0.25, -0.2) is 0 Å². The van der Waals surface area contributed by atoms with Gasteiger partial charge >= 0.3 is 0 Å². The largest absolute Gasteiger partial charge is 0.381 e. The first-order chi connectivity index (χ1) is 7.27. The molecule has 2 atom stereocenters. The summed E-state index contributed by atoms with van der Waals surface area (Å²) in [6, 6.07) is 2.52. The van der Waals surface area contributed by atoms with Crippen molar-refractivity contribution in [3.8, 4) is 0 Å². The molecule has 2 rings (SSSR count). The Bertz CT molecular complexity index is 327. The van der Waals surface area contributed by atoms with E-state index in [4.69, 9.17) is 11.6 Å². The number of pyridine rings is 1. The molecule has 1 saturated carbocycles. The van der Waals surface area contributed by atoms with Crippen LogP contribution in [0, 0.1) is 5.92 Å². The van der Waals surface area contributed by atoms with Crippen LogP contribution in [0.4, 0.5) is 5.69 Å². The quantitative estimate of drug-likeness (QED) is 0.828. The molecule has 2 nitrogen and oxygen atoms in total. The Kier molecular flexibility index (Phi) is 3.47. The number of halogens is 1. The van der Waals surface area contributed by atoms with Crippen molar-refractivity contribution in [3.05, 3.63) is 23.5 Å². The summed E-state index contributed by atoms with van der Waals surface area (Å²) in [4.78, 5) is 3.99. The summed E-state index contributed by atoms with van der Waals surface area (Å²) in [5.41, 5.74) is 1.02. The van der Waals surface area contributed by atoms with Crippen molar-refractivity contribution in [1.82, 2.24) is 4.98 Å². The van der Waals surface area contributed by atoms with Crippen LogP contribution in [0.1, 0.15) is 32.6 Å². The zero-order chi connectivity index (χ0) is 10.7. The number of nitrogens with zero attached hydrogens (tertiary/aromatic N) is 1. The van der Waals surface area contributed by atoms with Gasteiger partial charge in [0.1, 0.15) is 0 Å². The fourth-order valence-corrected chi connectivity index (χ4v) is 2.40. The van der Waals surface area contributed by atoms with E-state index < -0.39 is 0 Å². The molecule has 0 bridgehead atoms. The first kappa shape index (κ1) is 10.7. The smallest absolute Gasteiger partial charge is 0.0820 e. The first-order valence-electron chi connectivity index (χ1n) is 5.63. The van der Waals surface area contributed by atoms with Gasteiger partial charge in [0.25, 0.3) is 0 Å². The number of rotatable bonds is 2. The molecule has 1 aromatic rings. The molecule has 1 fully saturated rings. The maximum Gasteiger partial charge on any atom is 0.0820 e. The zero-order valence-corrected chi connectivity index (χ0v) is 9.80. The average molecular weight is 225 g/mol. The highest BCUT2D eigenvalue weighted by Gasteiger charge is 2.21. The van der Waals surface area contributed by atoms with Crippen LogP contribution in [0.2, 0.25) is 5.02 Å². The molecule has 1 heterocycles. The minimum Gasteiger partial charge on any atom is -0.381 e. The van der Waals surface area contributed by atoms with E-state index >= 15 is 0 Å². The normalized spacial score (nSPS) is 26.3. The average Bonchev–Trinajstić information content (AvgIpc) is 2.24. The maximum absolute atomic E-state index is 6.07. The van der Waals surface area contributed by atoms with Gasteiger partial charge in [-0.1, -0.05) is 31.4 Å². The summed E-state index contributed by atoms with van der Waals surface area (Å²) in [5.74, 6) is 0.739. The molecule has 0 amide bonds. The minimum atomic E-state index is 0.568. The van der Waals surface area contributed by atoms with Gasteiger partial charge in [0.15, 0.2) is 0 Å². The second kappa shape index (κ2) is 4.84. The van der Waals surface area contributed by atoms with Crippen molar-refractivity contribution in [2.45, 2.75) is 38.6 Å². The number of nitrogens with one attached hydrogen (secondary N) is 1. The minimum absolute atomic E-state index is 0.568. The van der Waals surface area contributed by atoms with E-state index in [9.17, 15) is 0 Å². The topological polar surface area (TPSA) is 24.9 Å². The van der Waals surface area contributed by atoms with Gasteiger partial charge in [-0.3, -0.25) is 4.98 Å². The van der Waals surface area contributed by atoms with Crippen molar-refractivity contribution < 1.29 is 0 Å². The van der Waals surface area contributed by atoms with E-state index in [0.717, 1.165) is 16.6 Å². The fraction of sp³-hybridized carbons (Fsp3) is 0.583. The molecule has 1 aromatic heterocycles. The molecule has 2 unspecified atom stereocenters. The van der Waals surface area contributed by atoms with Crippen LogP contribution < -0.4 is 5.32 Å². The molecule has 1 N–H and O–H groups in total. The third kappa shape index (κ3) is 2.63. The lowest BCUT2D eigenvalue weighted by atomic mass is 9.86. The van der Waals surface area contributed by atoms with Crippen LogP contribution in [0.5, 0.6) is 0 Å². The lowest BCUT2D eigenvalue weighted by molar-refractivity contribution is 0.349. The molecule has 0 aromatic carbocycles. The van der Waals surface area contributed by atoms with Crippen LogP contribution in [0.15, 0.2) is 18.5 Å². The van der Waals surface area contributed by atoms with Crippen molar-refractivity contribution in [3.63, 3.8) is 0 Å². The molecule has 3 heteroatoms. The second-order valence-electron chi connectivity index (χ2n) is 4.37. The van der Waals surface area contributed by atoms with Gasteiger partial charge in [0, 0.05) is 18.4 Å². The van der Waals surface area contributed by atoms with Crippen molar-refractivity contribution in [2.24, 2.45) is 5.92 Å². The standard InChI is InChI=1S/C12H17ClN2/c1-9-4-2-3-5-11(9)15-12-6-7-14-8-10(12)13/h6-9,11H,2-5H2,1H3,(H,14,15). The van der Waals surface area contributed by atoms with E-state index in [2.05, 4.69) is 17.2 Å². The van der Waals surface area contributed by atoms with Gasteiger partial charge in [0.05, 0.1) is 10.7 Å². The summed E-state index contributed by atoms with van der Waals surface area (Å²) >= 11 is 6.07. The molecule has 1 aliphatic carbocycles. The summed E-state index contributed by atoms with van der Waals surface area (Å²) < 4.78 is 0. The third-order valence-electron chi connectivity index (χ3n) is 3.22. The van der Waals surface area contributed by atoms with Gasteiger partial charge in [-0.15, -0.1) is 0 Å². The zero-order valence-electron chi connectivity index (χ0n) is 9.04. The van der Waals surface area contributed by atoms with Crippen LogP contribution in [0.3, 0.4) is 0 Å². The molecule has 0 saturated heterocycles. The highest BCUT2D eigenvalue weighted by Crippen LogP contribution is 2.29. The Balaban J connectivity index is 2.04. The van der Waals surface area contributed by atoms with Gasteiger partial charge < -0.3 is 5.32 Å². The van der Waals surface area contributed by atoms with Crippen molar-refractivity contribution in [2.75, 3.05) is 5.32 Å². The highest BCUT2D eigenvalue weighted by atomic mass is 35.5. The molecule has 0 radical (unpaired) electrons. The van der Waals surface area contributed by atoms with E-state index in [1.165, 1.54) is 25.7 Å². The first-order valence-corrected chi connectivity index (χ1v) is 6.01. The van der Waals surface area contributed by atoms with E-state index in [1.807, 2.05) is 6.07 Å². The summed E-state index contributed by atoms with van der Waals surface area (Å²) in [5, 5.41) is 4.24. The Morgan fingerprint density at radius 1 is 1.40 bits per heavy atom. The van der Waals surface area contributed by atoms with Crippen LogP contribution in [0.25, 0.3) is 0 Å². The third-order valence-corrected chi connectivity index (χ3v) is 3.53. The van der Waals surface area contributed by atoms with E-state index in [0.29, 0.717) is 6.04 Å². The molecule has 82 valence electrons. The van der Waals surface area contributed by atoms with E-state index in [1.54, 1.807) is 12.4 Å².